The standard InChI is InChI=1S/C22H20BrF3N2O2/c23-17-3-1-2-14(24)5-6-15(17)20-11-21(30-28-20)16-12-27-9-8-22(16,29)13-4-7-18(25)19(26)10-13/h2,4-7,10-11,16,27,29H,1,3,8-9,12H2/b6-5-,14-2+,17-15-/t16-,22+/m1/s1. The van der Waals surface area contributed by atoms with Crippen LogP contribution in [0.4, 0.5) is 13.2 Å². The van der Waals surface area contributed by atoms with Gasteiger partial charge in [0.05, 0.1) is 5.92 Å². The molecule has 2 aromatic rings. The smallest absolute Gasteiger partial charge is 0.159 e. The lowest BCUT2D eigenvalue weighted by Gasteiger charge is -2.39. The molecule has 2 heterocycles. The minimum Gasteiger partial charge on any atom is -0.384 e. The molecule has 0 bridgehead atoms. The van der Waals surface area contributed by atoms with Gasteiger partial charge in [0.2, 0.25) is 0 Å². The van der Waals surface area contributed by atoms with Crippen molar-refractivity contribution in [1.29, 1.82) is 0 Å². The maximum atomic E-state index is 13.8. The SMILES string of the molecule is O[C@]1(c2ccc(F)c(F)c2)CCNC[C@@H]1c1cc(C2=C(\Br)CC\C=C(F)/C=C\2)no1. The van der Waals surface area contributed by atoms with Crippen LogP contribution in [-0.4, -0.2) is 23.4 Å². The van der Waals surface area contributed by atoms with Crippen LogP contribution < -0.4 is 5.32 Å². The van der Waals surface area contributed by atoms with Crippen LogP contribution in [-0.2, 0) is 5.60 Å². The fourth-order valence-corrected chi connectivity index (χ4v) is 4.48. The summed E-state index contributed by atoms with van der Waals surface area (Å²) < 4.78 is 47.3. The molecule has 0 radical (unpaired) electrons. The highest BCUT2D eigenvalue weighted by Gasteiger charge is 2.44. The molecule has 4 nitrogen and oxygen atoms in total. The molecule has 8 heteroatoms. The highest BCUT2D eigenvalue weighted by atomic mass is 79.9. The predicted octanol–water partition coefficient (Wildman–Crippen LogP) is 5.23. The van der Waals surface area contributed by atoms with Crippen molar-refractivity contribution in [1.82, 2.24) is 10.5 Å². The van der Waals surface area contributed by atoms with Gasteiger partial charge in [0.15, 0.2) is 11.6 Å². The number of rotatable bonds is 3. The van der Waals surface area contributed by atoms with Crippen molar-refractivity contribution < 1.29 is 22.8 Å². The van der Waals surface area contributed by atoms with Gasteiger partial charge in [0.25, 0.3) is 0 Å². The summed E-state index contributed by atoms with van der Waals surface area (Å²) in [4.78, 5) is 0. The van der Waals surface area contributed by atoms with E-state index in [1.807, 2.05) is 0 Å². The lowest BCUT2D eigenvalue weighted by atomic mass is 9.75. The Labute approximate surface area is 180 Å². The fourth-order valence-electron chi connectivity index (χ4n) is 3.91. The summed E-state index contributed by atoms with van der Waals surface area (Å²) in [6.07, 6.45) is 5.95. The van der Waals surface area contributed by atoms with Gasteiger partial charge >= 0.3 is 0 Å². The van der Waals surface area contributed by atoms with E-state index in [4.69, 9.17) is 4.52 Å². The van der Waals surface area contributed by atoms with Gasteiger partial charge in [0.1, 0.15) is 22.9 Å². The van der Waals surface area contributed by atoms with Gasteiger partial charge in [-0.1, -0.05) is 27.2 Å². The molecule has 0 amide bonds. The van der Waals surface area contributed by atoms with Crippen LogP contribution in [0.3, 0.4) is 0 Å². The summed E-state index contributed by atoms with van der Waals surface area (Å²) in [5.41, 5.74) is 0.0205. The van der Waals surface area contributed by atoms with E-state index in [2.05, 4.69) is 26.4 Å². The van der Waals surface area contributed by atoms with E-state index < -0.39 is 23.2 Å². The number of nitrogens with one attached hydrogen (secondary N) is 1. The zero-order valence-corrected chi connectivity index (χ0v) is 17.6. The fraction of sp³-hybridized carbons (Fsp3) is 0.318. The molecular formula is C22H20BrF3N2O2. The highest BCUT2D eigenvalue weighted by molar-refractivity contribution is 9.11. The Bertz CT molecular complexity index is 1050. The van der Waals surface area contributed by atoms with Crippen molar-refractivity contribution in [2.24, 2.45) is 0 Å². The Morgan fingerprint density at radius 2 is 2.00 bits per heavy atom. The Balaban J connectivity index is 1.70. The number of aliphatic hydroxyl groups is 1. The number of hydrogen-bond donors (Lipinski definition) is 2. The third-order valence-electron chi connectivity index (χ3n) is 5.58. The molecular weight excluding hydrogens is 461 g/mol. The van der Waals surface area contributed by atoms with Crippen molar-refractivity contribution in [2.75, 3.05) is 13.1 Å². The number of aromatic nitrogens is 1. The lowest BCUT2D eigenvalue weighted by Crippen LogP contribution is -2.46. The Hall–Kier alpha value is -2.16. The van der Waals surface area contributed by atoms with Crippen LogP contribution in [0.25, 0.3) is 5.57 Å². The Morgan fingerprint density at radius 3 is 2.80 bits per heavy atom. The number of hydrogen-bond acceptors (Lipinski definition) is 4. The number of allylic oxidation sites excluding steroid dienone is 6. The molecule has 2 aliphatic rings. The summed E-state index contributed by atoms with van der Waals surface area (Å²) in [6.45, 7) is 0.885. The van der Waals surface area contributed by atoms with Crippen LogP contribution in [0, 0.1) is 11.6 Å². The summed E-state index contributed by atoms with van der Waals surface area (Å²) in [6, 6.07) is 5.12. The summed E-state index contributed by atoms with van der Waals surface area (Å²) in [5, 5.41) is 18.8. The quantitative estimate of drug-likeness (QED) is 0.631. The van der Waals surface area contributed by atoms with Gasteiger partial charge in [-0.05, 0) is 61.7 Å². The summed E-state index contributed by atoms with van der Waals surface area (Å²) in [5.74, 6) is -2.46. The largest absolute Gasteiger partial charge is 0.384 e. The topological polar surface area (TPSA) is 58.3 Å². The zero-order chi connectivity index (χ0) is 21.3. The van der Waals surface area contributed by atoms with Gasteiger partial charge in [-0.15, -0.1) is 0 Å². The summed E-state index contributed by atoms with van der Waals surface area (Å²) in [7, 11) is 0. The van der Waals surface area contributed by atoms with E-state index in [9.17, 15) is 18.3 Å². The minimum atomic E-state index is -1.45. The monoisotopic (exact) mass is 480 g/mol. The van der Waals surface area contributed by atoms with Crippen molar-refractivity contribution >= 4 is 21.5 Å². The van der Waals surface area contributed by atoms with Crippen molar-refractivity contribution in [2.45, 2.75) is 30.8 Å². The van der Waals surface area contributed by atoms with Gasteiger partial charge in [-0.25, -0.2) is 13.2 Å². The molecule has 0 saturated carbocycles. The maximum Gasteiger partial charge on any atom is 0.159 e. The molecule has 0 unspecified atom stereocenters. The maximum absolute atomic E-state index is 13.8. The van der Waals surface area contributed by atoms with E-state index in [1.54, 1.807) is 12.1 Å². The molecule has 158 valence electrons. The number of nitrogens with zero attached hydrogens (tertiary/aromatic N) is 1. The van der Waals surface area contributed by atoms with E-state index >= 15 is 0 Å². The Morgan fingerprint density at radius 1 is 1.17 bits per heavy atom. The molecule has 0 spiro atoms. The second-order valence-corrected chi connectivity index (χ2v) is 8.41. The predicted molar refractivity (Wildman–Crippen MR) is 110 cm³/mol. The number of piperidine rings is 1. The lowest BCUT2D eigenvalue weighted by molar-refractivity contribution is -0.0233. The molecule has 1 aliphatic heterocycles. The van der Waals surface area contributed by atoms with Crippen LogP contribution in [0.2, 0.25) is 0 Å². The molecule has 30 heavy (non-hydrogen) atoms. The molecule has 2 atom stereocenters. The third-order valence-corrected chi connectivity index (χ3v) is 6.40. The van der Waals surface area contributed by atoms with Crippen LogP contribution >= 0.6 is 15.9 Å². The molecule has 1 aromatic carbocycles. The first-order valence-corrected chi connectivity index (χ1v) is 10.5. The van der Waals surface area contributed by atoms with Crippen LogP contribution in [0.15, 0.2) is 57.3 Å². The molecule has 1 aromatic heterocycles. The normalized spacial score (nSPS) is 30.3. The van der Waals surface area contributed by atoms with Gasteiger partial charge in [-0.2, -0.15) is 0 Å². The van der Waals surface area contributed by atoms with E-state index in [1.165, 1.54) is 18.2 Å². The summed E-state index contributed by atoms with van der Waals surface area (Å²) >= 11 is 3.53. The molecule has 1 fully saturated rings. The minimum absolute atomic E-state index is 0.282. The van der Waals surface area contributed by atoms with Crippen LogP contribution in [0.1, 0.15) is 42.2 Å². The van der Waals surface area contributed by atoms with Gasteiger partial charge in [0, 0.05) is 22.7 Å². The number of benzene rings is 1. The number of halogens is 4. The van der Waals surface area contributed by atoms with E-state index in [0.29, 0.717) is 49.4 Å². The van der Waals surface area contributed by atoms with Crippen LogP contribution in [0.5, 0.6) is 0 Å². The van der Waals surface area contributed by atoms with Gasteiger partial charge < -0.3 is 14.9 Å². The molecule has 1 saturated heterocycles. The van der Waals surface area contributed by atoms with Crippen molar-refractivity contribution in [3.05, 3.63) is 81.5 Å². The van der Waals surface area contributed by atoms with Gasteiger partial charge in [-0.3, -0.25) is 0 Å². The second kappa shape index (κ2) is 8.53. The average molecular weight is 481 g/mol. The first-order valence-electron chi connectivity index (χ1n) is 9.66. The first-order chi connectivity index (χ1) is 14.4. The Kier molecular flexibility index (Phi) is 5.99. The van der Waals surface area contributed by atoms with E-state index in [-0.39, 0.29) is 11.4 Å². The van der Waals surface area contributed by atoms with Crippen molar-refractivity contribution in [3.63, 3.8) is 0 Å². The third kappa shape index (κ3) is 4.04. The van der Waals surface area contributed by atoms with Crippen molar-refractivity contribution in [3.8, 4) is 0 Å². The highest BCUT2D eigenvalue weighted by Crippen LogP contribution is 2.42. The first kappa shape index (κ1) is 21.1. The van der Waals surface area contributed by atoms with E-state index in [0.717, 1.165) is 16.6 Å². The molecule has 4 rings (SSSR count). The second-order valence-electron chi connectivity index (χ2n) is 7.45. The molecule has 1 aliphatic carbocycles. The average Bonchev–Trinajstić information content (AvgIpc) is 3.18. The molecule has 2 N–H and O–H groups in total. The zero-order valence-electron chi connectivity index (χ0n) is 16.0.